The maximum absolute atomic E-state index is 11.6. The number of rotatable bonds is 6. The Bertz CT molecular complexity index is 557. The van der Waals surface area contributed by atoms with Crippen LogP contribution in [0.4, 0.5) is 11.4 Å². The number of benzene rings is 1. The summed E-state index contributed by atoms with van der Waals surface area (Å²) in [5.41, 5.74) is 0.724. The predicted molar refractivity (Wildman–Crippen MR) is 73.9 cm³/mol. The number of carboxylic acids is 1. The molecule has 0 aromatic heterocycles. The largest absolute Gasteiger partial charge is 0.481 e. The third-order valence-corrected chi connectivity index (χ3v) is 3.35. The van der Waals surface area contributed by atoms with E-state index in [4.69, 9.17) is 5.11 Å². The molecule has 1 saturated heterocycles. The molecule has 0 aliphatic carbocycles. The van der Waals surface area contributed by atoms with Crippen molar-refractivity contribution >= 4 is 23.3 Å². The van der Waals surface area contributed by atoms with Gasteiger partial charge < -0.3 is 15.3 Å². The Hall–Kier alpha value is -2.64. The van der Waals surface area contributed by atoms with Crippen molar-refractivity contribution < 1.29 is 19.6 Å². The zero-order valence-corrected chi connectivity index (χ0v) is 11.2. The van der Waals surface area contributed by atoms with Gasteiger partial charge in [0.25, 0.3) is 5.69 Å². The highest BCUT2D eigenvalue weighted by molar-refractivity contribution is 5.86. The van der Waals surface area contributed by atoms with Gasteiger partial charge in [0.05, 0.1) is 10.8 Å². The van der Waals surface area contributed by atoms with Gasteiger partial charge in [-0.2, -0.15) is 0 Å². The number of nitro benzene ring substituents is 1. The minimum Gasteiger partial charge on any atom is -0.481 e. The first kappa shape index (κ1) is 14.8. The number of hydrogen-bond donors (Lipinski definition) is 2. The molecule has 8 nitrogen and oxygen atoms in total. The number of likely N-dealkylation sites (tertiary alicyclic amines) is 1. The fraction of sp³-hybridized carbons (Fsp3) is 0.385. The van der Waals surface area contributed by atoms with E-state index in [9.17, 15) is 19.7 Å². The molecule has 2 N–H and O–H groups in total. The summed E-state index contributed by atoms with van der Waals surface area (Å²) in [6, 6.07) is 5.96. The molecule has 0 bridgehead atoms. The lowest BCUT2D eigenvalue weighted by molar-refractivity contribution is -0.384. The normalized spacial score (nSPS) is 17.8. The molecule has 0 saturated carbocycles. The molecule has 112 valence electrons. The minimum atomic E-state index is -0.950. The van der Waals surface area contributed by atoms with Crippen LogP contribution in [0.5, 0.6) is 0 Å². The summed E-state index contributed by atoms with van der Waals surface area (Å²) in [6.45, 7) is 1.09. The smallest absolute Gasteiger partial charge is 0.308 e. The van der Waals surface area contributed by atoms with Crippen LogP contribution in [0, 0.1) is 16.0 Å². The van der Waals surface area contributed by atoms with E-state index in [1.54, 1.807) is 12.1 Å². The zero-order chi connectivity index (χ0) is 15.4. The molecule has 1 aliphatic rings. The van der Waals surface area contributed by atoms with Gasteiger partial charge in [0.15, 0.2) is 0 Å². The van der Waals surface area contributed by atoms with Crippen LogP contribution in [0.2, 0.25) is 0 Å². The molecule has 21 heavy (non-hydrogen) atoms. The number of hydrogen-bond acceptors (Lipinski definition) is 5. The van der Waals surface area contributed by atoms with Crippen LogP contribution in [-0.2, 0) is 9.59 Å². The maximum atomic E-state index is 11.6. The number of non-ortho nitro benzene ring substituents is 1. The molecular weight excluding hydrogens is 278 g/mol. The molecular formula is C13H15N3O5. The van der Waals surface area contributed by atoms with E-state index < -0.39 is 16.8 Å². The van der Waals surface area contributed by atoms with Crippen LogP contribution >= 0.6 is 0 Å². The van der Waals surface area contributed by atoms with Gasteiger partial charge >= 0.3 is 5.97 Å². The summed E-state index contributed by atoms with van der Waals surface area (Å²) in [5, 5.41) is 22.4. The lowest BCUT2D eigenvalue weighted by Gasteiger charge is -2.16. The van der Waals surface area contributed by atoms with Crippen molar-refractivity contribution in [3.8, 4) is 0 Å². The highest BCUT2D eigenvalue weighted by Gasteiger charge is 2.33. The highest BCUT2D eigenvalue weighted by Crippen LogP contribution is 2.18. The summed E-state index contributed by atoms with van der Waals surface area (Å²) < 4.78 is 0. The summed E-state index contributed by atoms with van der Waals surface area (Å²) in [7, 11) is 0. The Morgan fingerprint density at radius 3 is 2.62 bits per heavy atom. The molecule has 0 spiro atoms. The molecule has 0 radical (unpaired) electrons. The number of nitrogens with zero attached hydrogens (tertiary/aromatic N) is 2. The first-order chi connectivity index (χ1) is 9.97. The number of aliphatic carboxylic acids is 1. The molecule has 8 heteroatoms. The standard InChI is InChI=1S/C13H15N3O5/c17-12-7-9(13(18)19)8-15(12)6-5-14-10-1-3-11(4-2-10)16(20)21/h1-4,9,14H,5-8H2,(H,18,19)/t9-/m1/s1. The van der Waals surface area contributed by atoms with Crippen molar-refractivity contribution in [2.45, 2.75) is 6.42 Å². The first-order valence-corrected chi connectivity index (χ1v) is 6.46. The van der Waals surface area contributed by atoms with Crippen molar-refractivity contribution in [1.82, 2.24) is 4.90 Å². The molecule has 1 amide bonds. The van der Waals surface area contributed by atoms with Crippen molar-refractivity contribution in [2.75, 3.05) is 25.0 Å². The number of carboxylic acid groups (broad SMARTS) is 1. The molecule has 1 heterocycles. The summed E-state index contributed by atoms with van der Waals surface area (Å²) in [6.07, 6.45) is 0.0485. The fourth-order valence-corrected chi connectivity index (χ4v) is 2.19. The average molecular weight is 293 g/mol. The molecule has 1 aromatic carbocycles. The number of carbonyl (C=O) groups is 2. The zero-order valence-electron chi connectivity index (χ0n) is 11.2. The van der Waals surface area contributed by atoms with Gasteiger partial charge in [0.2, 0.25) is 5.91 Å². The molecule has 0 unspecified atom stereocenters. The third kappa shape index (κ3) is 3.68. The third-order valence-electron chi connectivity index (χ3n) is 3.35. The average Bonchev–Trinajstić information content (AvgIpc) is 2.81. The number of nitrogens with one attached hydrogen (secondary N) is 1. The van der Waals surface area contributed by atoms with E-state index in [2.05, 4.69) is 5.32 Å². The summed E-state index contributed by atoms with van der Waals surface area (Å²) >= 11 is 0. The maximum Gasteiger partial charge on any atom is 0.308 e. The van der Waals surface area contributed by atoms with Crippen LogP contribution in [0.1, 0.15) is 6.42 Å². The van der Waals surface area contributed by atoms with Gasteiger partial charge in [-0.3, -0.25) is 19.7 Å². The molecule has 1 atom stereocenters. The van der Waals surface area contributed by atoms with Crippen molar-refractivity contribution in [1.29, 1.82) is 0 Å². The molecule has 1 fully saturated rings. The molecule has 1 aromatic rings. The number of amides is 1. The van der Waals surface area contributed by atoms with E-state index in [1.807, 2.05) is 0 Å². The summed E-state index contributed by atoms with van der Waals surface area (Å²) in [4.78, 5) is 34.0. The Labute approximate surface area is 120 Å². The quantitative estimate of drug-likeness (QED) is 0.596. The van der Waals surface area contributed by atoms with E-state index in [1.165, 1.54) is 17.0 Å². The van der Waals surface area contributed by atoms with E-state index >= 15 is 0 Å². The Balaban J connectivity index is 1.80. The lowest BCUT2D eigenvalue weighted by Crippen LogP contribution is -2.31. The van der Waals surface area contributed by atoms with Gasteiger partial charge in [-0.15, -0.1) is 0 Å². The minimum absolute atomic E-state index is 0.0135. The Morgan fingerprint density at radius 2 is 2.10 bits per heavy atom. The van der Waals surface area contributed by atoms with Crippen LogP contribution in [0.3, 0.4) is 0 Å². The van der Waals surface area contributed by atoms with Gasteiger partial charge in [-0.1, -0.05) is 0 Å². The number of anilines is 1. The van der Waals surface area contributed by atoms with Gasteiger partial charge in [-0.25, -0.2) is 0 Å². The first-order valence-electron chi connectivity index (χ1n) is 6.46. The highest BCUT2D eigenvalue weighted by atomic mass is 16.6. The van der Waals surface area contributed by atoms with Crippen molar-refractivity contribution in [3.63, 3.8) is 0 Å². The molecule has 2 rings (SSSR count). The monoisotopic (exact) mass is 293 g/mol. The van der Waals surface area contributed by atoms with Crippen LogP contribution < -0.4 is 5.32 Å². The SMILES string of the molecule is O=C(O)[C@@H]1CC(=O)N(CCNc2ccc([N+](=O)[O-])cc2)C1. The second kappa shape index (κ2) is 6.21. The van der Waals surface area contributed by atoms with Gasteiger partial charge in [-0.05, 0) is 12.1 Å². The van der Waals surface area contributed by atoms with E-state index in [0.717, 1.165) is 0 Å². The van der Waals surface area contributed by atoms with Crippen molar-refractivity contribution in [2.24, 2.45) is 5.92 Å². The second-order valence-electron chi connectivity index (χ2n) is 4.81. The van der Waals surface area contributed by atoms with E-state index in [-0.39, 0.29) is 24.6 Å². The molecule has 1 aliphatic heterocycles. The number of carbonyl (C=O) groups excluding carboxylic acids is 1. The Morgan fingerprint density at radius 1 is 1.43 bits per heavy atom. The van der Waals surface area contributed by atoms with Crippen LogP contribution in [0.15, 0.2) is 24.3 Å². The fourth-order valence-electron chi connectivity index (χ4n) is 2.19. The van der Waals surface area contributed by atoms with Crippen molar-refractivity contribution in [3.05, 3.63) is 34.4 Å². The van der Waals surface area contributed by atoms with Crippen LogP contribution in [-0.4, -0.2) is 46.4 Å². The topological polar surface area (TPSA) is 113 Å². The number of nitro groups is 1. The van der Waals surface area contributed by atoms with Gasteiger partial charge in [0, 0.05) is 43.9 Å². The lowest BCUT2D eigenvalue weighted by atomic mass is 10.1. The predicted octanol–water partition coefficient (Wildman–Crippen LogP) is 0.940. The second-order valence-corrected chi connectivity index (χ2v) is 4.81. The van der Waals surface area contributed by atoms with Crippen LogP contribution in [0.25, 0.3) is 0 Å². The van der Waals surface area contributed by atoms with E-state index in [0.29, 0.717) is 18.8 Å². The van der Waals surface area contributed by atoms with Gasteiger partial charge in [0.1, 0.15) is 0 Å². The Kier molecular flexibility index (Phi) is 4.36. The summed E-state index contributed by atoms with van der Waals surface area (Å²) in [5.74, 6) is -1.74.